The number of hydrogen-bond donors (Lipinski definition) is 0. The van der Waals surface area contributed by atoms with Crippen LogP contribution < -0.4 is 4.74 Å². The molecule has 0 N–H and O–H groups in total. The van der Waals surface area contributed by atoms with Crippen molar-refractivity contribution < 1.29 is 13.9 Å². The summed E-state index contributed by atoms with van der Waals surface area (Å²) in [5, 5.41) is 0. The number of carbonyl (C=O) groups is 1. The molecule has 1 amide bonds. The first-order valence-electron chi connectivity index (χ1n) is 8.48. The molecule has 0 bridgehead atoms. The van der Waals surface area contributed by atoms with Crippen LogP contribution in [0, 0.1) is 17.7 Å². The van der Waals surface area contributed by atoms with E-state index in [1.807, 2.05) is 4.90 Å². The SMILES string of the molecule is COc1ccc(/C=C/C(=O)N2CC[C@@H]3CCCC[C@H]3C2)cc1F. The molecule has 2 atom stereocenters. The van der Waals surface area contributed by atoms with Crippen LogP contribution in [-0.2, 0) is 4.79 Å². The molecule has 124 valence electrons. The van der Waals surface area contributed by atoms with Gasteiger partial charge in [-0.2, -0.15) is 0 Å². The van der Waals surface area contributed by atoms with E-state index in [-0.39, 0.29) is 11.7 Å². The molecule has 4 heteroatoms. The van der Waals surface area contributed by atoms with Crippen molar-refractivity contribution in [3.8, 4) is 5.75 Å². The number of rotatable bonds is 3. The first kappa shape index (κ1) is 16.0. The third kappa shape index (κ3) is 3.74. The van der Waals surface area contributed by atoms with Crippen LogP contribution in [0.1, 0.15) is 37.7 Å². The highest BCUT2D eigenvalue weighted by Crippen LogP contribution is 2.36. The third-order valence-corrected chi connectivity index (χ3v) is 5.20. The van der Waals surface area contributed by atoms with Crippen LogP contribution in [0.3, 0.4) is 0 Å². The quantitative estimate of drug-likeness (QED) is 0.792. The molecule has 1 saturated heterocycles. The van der Waals surface area contributed by atoms with Crippen molar-refractivity contribution in [3.05, 3.63) is 35.7 Å². The number of benzene rings is 1. The molecule has 1 aromatic rings. The standard InChI is InChI=1S/C19H24FNO2/c1-23-18-8-6-14(12-17(18)20)7-9-19(22)21-11-10-15-4-2-3-5-16(15)13-21/h6-9,12,15-16H,2-5,10-11,13H2,1H3/b9-7+/t15-,16-/m0/s1. The Kier molecular flexibility index (Phi) is 4.99. The Balaban J connectivity index is 1.61. The molecule has 2 fully saturated rings. The summed E-state index contributed by atoms with van der Waals surface area (Å²) >= 11 is 0. The zero-order valence-electron chi connectivity index (χ0n) is 13.6. The lowest BCUT2D eigenvalue weighted by atomic mass is 9.75. The summed E-state index contributed by atoms with van der Waals surface area (Å²) in [6, 6.07) is 4.71. The van der Waals surface area contributed by atoms with Gasteiger partial charge in [0.2, 0.25) is 5.91 Å². The average molecular weight is 317 g/mol. The summed E-state index contributed by atoms with van der Waals surface area (Å²) in [5.74, 6) is 1.32. The van der Waals surface area contributed by atoms with Crippen LogP contribution in [0.4, 0.5) is 4.39 Å². The van der Waals surface area contributed by atoms with Crippen LogP contribution in [0.15, 0.2) is 24.3 Å². The van der Waals surface area contributed by atoms with E-state index in [4.69, 9.17) is 4.74 Å². The van der Waals surface area contributed by atoms with Gasteiger partial charge in [0.15, 0.2) is 11.6 Å². The Morgan fingerprint density at radius 1 is 1.26 bits per heavy atom. The molecule has 0 spiro atoms. The van der Waals surface area contributed by atoms with Gasteiger partial charge in [-0.1, -0.05) is 25.3 Å². The number of methoxy groups -OCH3 is 1. The number of nitrogens with zero attached hydrogens (tertiary/aromatic N) is 1. The van der Waals surface area contributed by atoms with E-state index in [0.29, 0.717) is 11.5 Å². The molecule has 1 aliphatic heterocycles. The Labute approximate surface area is 137 Å². The Morgan fingerprint density at radius 3 is 2.78 bits per heavy atom. The van der Waals surface area contributed by atoms with Gasteiger partial charge in [0.05, 0.1) is 7.11 Å². The van der Waals surface area contributed by atoms with Crippen molar-refractivity contribution in [1.82, 2.24) is 4.90 Å². The summed E-state index contributed by atoms with van der Waals surface area (Å²) < 4.78 is 18.6. The van der Waals surface area contributed by atoms with E-state index >= 15 is 0 Å². The molecular weight excluding hydrogens is 293 g/mol. The molecular formula is C19H24FNO2. The number of ether oxygens (including phenoxy) is 1. The van der Waals surface area contributed by atoms with E-state index in [1.54, 1.807) is 24.3 Å². The number of amides is 1. The number of piperidine rings is 1. The van der Waals surface area contributed by atoms with Crippen LogP contribution in [0.5, 0.6) is 5.75 Å². The van der Waals surface area contributed by atoms with Crippen molar-refractivity contribution in [2.75, 3.05) is 20.2 Å². The average Bonchev–Trinajstić information content (AvgIpc) is 2.59. The fourth-order valence-electron chi connectivity index (χ4n) is 3.86. The second-order valence-corrected chi connectivity index (χ2v) is 6.60. The molecule has 2 aliphatic rings. The number of carbonyl (C=O) groups excluding carboxylic acids is 1. The lowest BCUT2D eigenvalue weighted by molar-refractivity contribution is -0.128. The van der Waals surface area contributed by atoms with E-state index in [2.05, 4.69) is 0 Å². The summed E-state index contributed by atoms with van der Waals surface area (Å²) in [7, 11) is 1.44. The minimum Gasteiger partial charge on any atom is -0.494 e. The maximum atomic E-state index is 13.7. The Morgan fingerprint density at radius 2 is 2.04 bits per heavy atom. The van der Waals surface area contributed by atoms with E-state index in [1.165, 1.54) is 38.9 Å². The summed E-state index contributed by atoms with van der Waals surface area (Å²) in [5.41, 5.74) is 0.671. The van der Waals surface area contributed by atoms with Gasteiger partial charge in [-0.3, -0.25) is 4.79 Å². The number of hydrogen-bond acceptors (Lipinski definition) is 2. The predicted molar refractivity (Wildman–Crippen MR) is 88.6 cm³/mol. The predicted octanol–water partition coefficient (Wildman–Crippen LogP) is 3.89. The first-order valence-corrected chi connectivity index (χ1v) is 8.48. The van der Waals surface area contributed by atoms with Gasteiger partial charge in [-0.15, -0.1) is 0 Å². The summed E-state index contributed by atoms with van der Waals surface area (Å²) in [6.07, 6.45) is 9.58. The maximum Gasteiger partial charge on any atom is 0.246 e. The maximum absolute atomic E-state index is 13.7. The van der Waals surface area contributed by atoms with E-state index < -0.39 is 5.82 Å². The zero-order valence-corrected chi connectivity index (χ0v) is 13.6. The normalized spacial score (nSPS) is 24.5. The molecule has 3 nitrogen and oxygen atoms in total. The van der Waals surface area contributed by atoms with Crippen LogP contribution in [-0.4, -0.2) is 31.0 Å². The second-order valence-electron chi connectivity index (χ2n) is 6.60. The van der Waals surface area contributed by atoms with Gasteiger partial charge in [0.25, 0.3) is 0 Å². The highest BCUT2D eigenvalue weighted by molar-refractivity contribution is 5.91. The minimum absolute atomic E-state index is 0.0326. The lowest BCUT2D eigenvalue weighted by Gasteiger charge is -2.41. The summed E-state index contributed by atoms with van der Waals surface area (Å²) in [4.78, 5) is 14.3. The fourth-order valence-corrected chi connectivity index (χ4v) is 3.86. The minimum atomic E-state index is -0.412. The zero-order chi connectivity index (χ0) is 16.2. The van der Waals surface area contributed by atoms with Crippen molar-refractivity contribution in [2.24, 2.45) is 11.8 Å². The van der Waals surface area contributed by atoms with Crippen LogP contribution in [0.2, 0.25) is 0 Å². The van der Waals surface area contributed by atoms with Gasteiger partial charge < -0.3 is 9.64 Å². The Bertz CT molecular complexity index is 599. The van der Waals surface area contributed by atoms with Crippen molar-refractivity contribution in [1.29, 1.82) is 0 Å². The largest absolute Gasteiger partial charge is 0.494 e. The van der Waals surface area contributed by atoms with E-state index in [0.717, 1.165) is 25.4 Å². The first-order chi connectivity index (χ1) is 11.2. The molecule has 23 heavy (non-hydrogen) atoms. The smallest absolute Gasteiger partial charge is 0.246 e. The molecule has 1 saturated carbocycles. The number of likely N-dealkylation sites (tertiary alicyclic amines) is 1. The fraction of sp³-hybridized carbons (Fsp3) is 0.526. The van der Waals surface area contributed by atoms with Crippen molar-refractivity contribution >= 4 is 12.0 Å². The highest BCUT2D eigenvalue weighted by atomic mass is 19.1. The molecule has 1 aromatic carbocycles. The summed E-state index contributed by atoms with van der Waals surface area (Å²) in [6.45, 7) is 1.73. The second kappa shape index (κ2) is 7.16. The lowest BCUT2D eigenvalue weighted by Crippen LogP contribution is -2.44. The van der Waals surface area contributed by atoms with Gasteiger partial charge >= 0.3 is 0 Å². The topological polar surface area (TPSA) is 29.5 Å². The molecule has 0 unspecified atom stereocenters. The third-order valence-electron chi connectivity index (χ3n) is 5.20. The molecule has 0 radical (unpaired) electrons. The monoisotopic (exact) mass is 317 g/mol. The Hall–Kier alpha value is -1.84. The van der Waals surface area contributed by atoms with Gasteiger partial charge in [-0.05, 0) is 48.4 Å². The highest BCUT2D eigenvalue weighted by Gasteiger charge is 2.32. The van der Waals surface area contributed by atoms with Crippen molar-refractivity contribution in [3.63, 3.8) is 0 Å². The van der Waals surface area contributed by atoms with Gasteiger partial charge in [0.1, 0.15) is 0 Å². The molecule has 0 aromatic heterocycles. The number of fused-ring (bicyclic) bond motifs is 1. The molecule has 1 aliphatic carbocycles. The molecule has 3 rings (SSSR count). The van der Waals surface area contributed by atoms with Crippen molar-refractivity contribution in [2.45, 2.75) is 32.1 Å². The van der Waals surface area contributed by atoms with E-state index in [9.17, 15) is 9.18 Å². The molecule has 1 heterocycles. The van der Waals surface area contributed by atoms with Gasteiger partial charge in [-0.25, -0.2) is 4.39 Å². The van der Waals surface area contributed by atoms with Crippen LogP contribution >= 0.6 is 0 Å². The van der Waals surface area contributed by atoms with Crippen LogP contribution in [0.25, 0.3) is 6.08 Å². The number of halogens is 1. The van der Waals surface area contributed by atoms with Gasteiger partial charge in [0, 0.05) is 19.2 Å².